The molecule has 2 aliphatic rings. The fraction of sp³-hybridized carbons (Fsp3) is 0.442. The maximum Gasteiger partial charge on any atom is 0.312 e. The smallest absolute Gasteiger partial charge is 0.312 e. The van der Waals surface area contributed by atoms with Crippen LogP contribution in [0.15, 0.2) is 54.5 Å². The van der Waals surface area contributed by atoms with E-state index in [1.165, 1.54) is 40.2 Å². The fourth-order valence-corrected chi connectivity index (χ4v) is 8.03. The molecule has 9 atom stereocenters. The highest BCUT2D eigenvalue weighted by molar-refractivity contribution is 6.28. The van der Waals surface area contributed by atoms with Gasteiger partial charge in [0.15, 0.2) is 5.75 Å². The predicted octanol–water partition coefficient (Wildman–Crippen LogP) is 6.16. The van der Waals surface area contributed by atoms with Gasteiger partial charge in [0.2, 0.25) is 0 Å². The van der Waals surface area contributed by atoms with Gasteiger partial charge in [-0.1, -0.05) is 45.9 Å². The molecule has 5 N–H and O–H groups in total. The average Bonchev–Trinajstić information content (AvgIpc) is 3.67. The number of carbonyl (C=O) groups excluding carboxylic acids is 3. The molecule has 2 aliphatic heterocycles. The molecule has 6 rings (SSSR count). The van der Waals surface area contributed by atoms with Crippen LogP contribution in [0.3, 0.4) is 0 Å². The number of rotatable bonds is 2. The third-order valence-electron chi connectivity index (χ3n) is 11.5. The Labute approximate surface area is 330 Å². The lowest BCUT2D eigenvalue weighted by Crippen LogP contribution is -2.46. The summed E-state index contributed by atoms with van der Waals surface area (Å²) in [7, 11) is 1.46. The van der Waals surface area contributed by atoms with E-state index >= 15 is 0 Å². The normalized spacial score (nSPS) is 30.8. The molecule has 0 fully saturated rings. The maximum atomic E-state index is 14.6. The number of carbonyl (C=O) groups is 3. The summed E-state index contributed by atoms with van der Waals surface area (Å²) < 4.78 is 25.5. The van der Waals surface area contributed by atoms with Crippen molar-refractivity contribution in [2.45, 2.75) is 92.5 Å². The molecule has 0 saturated heterocycles. The molecule has 14 nitrogen and oxygen atoms in total. The highest BCUT2D eigenvalue weighted by atomic mass is 16.7. The van der Waals surface area contributed by atoms with Gasteiger partial charge in [0.25, 0.3) is 11.7 Å². The van der Waals surface area contributed by atoms with E-state index in [4.69, 9.17) is 23.9 Å². The fourth-order valence-electron chi connectivity index (χ4n) is 8.03. The Morgan fingerprint density at radius 1 is 0.982 bits per heavy atom. The number of hydrogen-bond acceptors (Lipinski definition) is 12. The molecule has 1 amide bonds. The lowest BCUT2D eigenvalue weighted by Gasteiger charge is -2.38. The number of esters is 1. The second kappa shape index (κ2) is 15.5. The number of benzene rings is 2. The van der Waals surface area contributed by atoms with Gasteiger partial charge < -0.3 is 44.7 Å². The molecule has 0 unspecified atom stereocenters. The number of phenols is 2. The number of nitrogens with one attached hydrogen (secondary N) is 1. The minimum atomic E-state index is -1.96. The number of methoxy groups -OCH3 is 1. The van der Waals surface area contributed by atoms with E-state index in [-0.39, 0.29) is 55.7 Å². The standard InChI is InChI=1S/C43H51N3O11/c1-19-14-16-46-28(18-19)44-32-29-30-37(50)25(7)40-31(29)41(52)43(9,57-40)55-17-15-27(54-10)22(4)39(56-26(8)47)24(6)36(49)23(5)35(48)20(2)12-11-13-21(3)42(53)45-33(34(32)46)38(30)51/h11-18,20,22-24,27,35-36,39,48-51H,1-10H3,(H,45,53)/b12-11+,17-15+,21-13-/t20-,22+,23+,24+,27-,35-,36+,39+,43-/m1/s1. The zero-order valence-corrected chi connectivity index (χ0v) is 33.8. The van der Waals surface area contributed by atoms with E-state index in [1.807, 2.05) is 19.1 Å². The first-order valence-corrected chi connectivity index (χ1v) is 19.0. The number of aliphatic hydroxyl groups is 2. The molecule has 2 aromatic heterocycles. The zero-order valence-electron chi connectivity index (χ0n) is 33.8. The number of imidazole rings is 1. The number of anilines is 1. The summed E-state index contributed by atoms with van der Waals surface area (Å²) in [6.45, 7) is 14.7. The van der Waals surface area contributed by atoms with Gasteiger partial charge in [0.1, 0.15) is 40.0 Å². The monoisotopic (exact) mass is 785 g/mol. The number of phenolic OH excluding ortho intramolecular Hbond substituents is 2. The van der Waals surface area contributed by atoms with Crippen LogP contribution in [0, 0.1) is 37.5 Å². The summed E-state index contributed by atoms with van der Waals surface area (Å²) in [5, 5.41) is 49.4. The van der Waals surface area contributed by atoms with E-state index < -0.39 is 77.3 Å². The molecular formula is C43H51N3O11. The molecule has 4 aromatic rings. The summed E-state index contributed by atoms with van der Waals surface area (Å²) in [6, 6.07) is 3.64. The van der Waals surface area contributed by atoms with Gasteiger partial charge in [-0.2, -0.15) is 0 Å². The molecule has 4 bridgehead atoms. The number of allylic oxidation sites excluding steroid dienone is 2. The van der Waals surface area contributed by atoms with Crippen molar-refractivity contribution < 1.29 is 53.8 Å². The number of nitrogens with zero attached hydrogens (tertiary/aromatic N) is 2. The van der Waals surface area contributed by atoms with Crippen molar-refractivity contribution in [2.75, 3.05) is 12.4 Å². The highest BCUT2D eigenvalue weighted by Gasteiger charge is 2.50. The molecular weight excluding hydrogens is 734 g/mol. The van der Waals surface area contributed by atoms with E-state index in [9.17, 15) is 34.8 Å². The summed E-state index contributed by atoms with van der Waals surface area (Å²) in [5.74, 6) is -6.96. The Morgan fingerprint density at radius 3 is 2.35 bits per heavy atom. The highest BCUT2D eigenvalue weighted by Crippen LogP contribution is 2.54. The third kappa shape index (κ3) is 7.10. The maximum absolute atomic E-state index is 14.6. The molecule has 0 saturated carbocycles. The number of fused-ring (bicyclic) bond motifs is 2. The van der Waals surface area contributed by atoms with Gasteiger partial charge in [0, 0.05) is 67.3 Å². The van der Waals surface area contributed by atoms with Gasteiger partial charge in [0.05, 0.1) is 35.5 Å². The van der Waals surface area contributed by atoms with Crippen LogP contribution in [-0.4, -0.2) is 84.8 Å². The summed E-state index contributed by atoms with van der Waals surface area (Å²) in [6.07, 6.45) is 5.62. The van der Waals surface area contributed by atoms with Crippen LogP contribution in [-0.2, 0) is 23.8 Å². The first-order valence-electron chi connectivity index (χ1n) is 19.0. The minimum Gasteiger partial charge on any atom is -0.507 e. The summed E-state index contributed by atoms with van der Waals surface area (Å²) in [4.78, 5) is 45.6. The van der Waals surface area contributed by atoms with Crippen LogP contribution in [0.5, 0.6) is 17.2 Å². The van der Waals surface area contributed by atoms with Gasteiger partial charge in [-0.05, 0) is 44.5 Å². The Bertz CT molecular complexity index is 2380. The molecule has 2 aromatic carbocycles. The van der Waals surface area contributed by atoms with Gasteiger partial charge in [-0.15, -0.1) is 0 Å². The molecule has 14 heteroatoms. The SMILES string of the molecule is CO[C@@H]1/C=C/O[C@]2(C)Oc3c(C)c(O)c4c(O)c(c5c(nc6cc(C)ccn65)c4c3C2=O)NC(=O)/C(C)=C\C=C\[C@@H](C)[C@@H](O)[C@H](C)[C@H](O)[C@H](C)[C@@H](OC(C)=O)[C@H]1C. The number of aryl methyl sites for hydroxylation is 1. The predicted molar refractivity (Wildman–Crippen MR) is 213 cm³/mol. The van der Waals surface area contributed by atoms with Gasteiger partial charge >= 0.3 is 11.8 Å². The van der Waals surface area contributed by atoms with E-state index in [0.29, 0.717) is 5.65 Å². The molecule has 304 valence electrons. The van der Waals surface area contributed by atoms with Crippen molar-refractivity contribution in [3.63, 3.8) is 0 Å². The Balaban J connectivity index is 1.58. The Kier molecular flexibility index (Phi) is 11.2. The largest absolute Gasteiger partial charge is 0.507 e. The number of pyridine rings is 1. The second-order valence-corrected chi connectivity index (χ2v) is 15.6. The summed E-state index contributed by atoms with van der Waals surface area (Å²) >= 11 is 0. The third-order valence-corrected chi connectivity index (χ3v) is 11.5. The number of hydrogen-bond donors (Lipinski definition) is 5. The van der Waals surface area contributed by atoms with Crippen molar-refractivity contribution >= 4 is 50.8 Å². The molecule has 0 spiro atoms. The summed E-state index contributed by atoms with van der Waals surface area (Å²) in [5.41, 5.74) is 2.18. The van der Waals surface area contributed by atoms with Crippen LogP contribution < -0.4 is 10.1 Å². The van der Waals surface area contributed by atoms with Crippen LogP contribution in [0.1, 0.15) is 70.0 Å². The molecule has 4 heterocycles. The minimum absolute atomic E-state index is 0.0185. The number of aromatic hydroxyl groups is 2. The lowest BCUT2D eigenvalue weighted by molar-refractivity contribution is -0.160. The zero-order chi connectivity index (χ0) is 41.8. The average molecular weight is 786 g/mol. The first kappa shape index (κ1) is 41.2. The number of aliphatic hydroxyl groups excluding tert-OH is 2. The Morgan fingerprint density at radius 2 is 1.68 bits per heavy atom. The van der Waals surface area contributed by atoms with Crippen LogP contribution >= 0.6 is 0 Å². The van der Waals surface area contributed by atoms with Gasteiger partial charge in [-0.25, -0.2) is 4.98 Å². The second-order valence-electron chi connectivity index (χ2n) is 15.6. The van der Waals surface area contributed by atoms with Gasteiger partial charge in [-0.3, -0.25) is 18.8 Å². The van der Waals surface area contributed by atoms with E-state index in [2.05, 4.69) is 5.32 Å². The van der Waals surface area contributed by atoms with Crippen LogP contribution in [0.4, 0.5) is 5.69 Å². The van der Waals surface area contributed by atoms with Crippen LogP contribution in [0.2, 0.25) is 0 Å². The molecule has 0 radical (unpaired) electrons. The van der Waals surface area contributed by atoms with Crippen molar-refractivity contribution in [1.29, 1.82) is 0 Å². The van der Waals surface area contributed by atoms with Crippen LogP contribution in [0.25, 0.3) is 27.5 Å². The molecule has 57 heavy (non-hydrogen) atoms. The topological polar surface area (TPSA) is 198 Å². The van der Waals surface area contributed by atoms with E-state index in [1.54, 1.807) is 63.4 Å². The lowest BCUT2D eigenvalue weighted by atomic mass is 9.78. The number of aromatic nitrogens is 2. The first-order chi connectivity index (χ1) is 26.8. The molecule has 0 aliphatic carbocycles. The number of amides is 1. The Hall–Kier alpha value is -5.44. The number of ether oxygens (including phenoxy) is 4. The van der Waals surface area contributed by atoms with Crippen molar-refractivity contribution in [3.8, 4) is 17.2 Å². The van der Waals surface area contributed by atoms with E-state index in [0.717, 1.165) is 5.56 Å². The van der Waals surface area contributed by atoms with Crippen molar-refractivity contribution in [1.82, 2.24) is 9.38 Å². The van der Waals surface area contributed by atoms with Crippen molar-refractivity contribution in [3.05, 3.63) is 71.2 Å². The number of ketones is 1. The van der Waals surface area contributed by atoms with Crippen molar-refractivity contribution in [2.24, 2.45) is 23.7 Å². The quantitative estimate of drug-likeness (QED) is 0.115. The number of Topliss-reactive ketones (excluding diaryl/α,β-unsaturated/α-hetero) is 1.